The van der Waals surface area contributed by atoms with Crippen molar-refractivity contribution in [2.24, 2.45) is 5.92 Å². The topological polar surface area (TPSA) is 58.4 Å². The molecular weight excluding hydrogens is 194 g/mol. The minimum absolute atomic E-state index is 0.101. The van der Waals surface area contributed by atoms with Crippen LogP contribution in [0.5, 0.6) is 0 Å². The standard InChI is InChI=1S/C10H15N3O2/c14-8-9-6-10(15)12(7-9)4-5-13-3-1-2-11-13/h1-3,9,14H,4-8H2. The van der Waals surface area contributed by atoms with Crippen LogP contribution in [0.25, 0.3) is 0 Å². The lowest BCUT2D eigenvalue weighted by atomic mass is 10.1. The highest BCUT2D eigenvalue weighted by atomic mass is 16.3. The van der Waals surface area contributed by atoms with Gasteiger partial charge in [-0.2, -0.15) is 5.10 Å². The number of carbonyl (C=O) groups is 1. The summed E-state index contributed by atoms with van der Waals surface area (Å²) in [6.07, 6.45) is 4.09. The highest BCUT2D eigenvalue weighted by Gasteiger charge is 2.28. The first kappa shape index (κ1) is 10.2. The third-order valence-corrected chi connectivity index (χ3v) is 2.71. The summed E-state index contributed by atoms with van der Waals surface area (Å²) in [5.41, 5.74) is 0. The molecule has 82 valence electrons. The summed E-state index contributed by atoms with van der Waals surface area (Å²) >= 11 is 0. The van der Waals surface area contributed by atoms with Crippen LogP contribution in [0.4, 0.5) is 0 Å². The van der Waals surface area contributed by atoms with Crippen molar-refractivity contribution >= 4 is 5.91 Å². The normalized spacial score (nSPS) is 21.3. The summed E-state index contributed by atoms with van der Waals surface area (Å²) in [5, 5.41) is 13.0. The molecule has 0 saturated carbocycles. The number of amides is 1. The van der Waals surface area contributed by atoms with Crippen LogP contribution in [-0.4, -0.2) is 45.4 Å². The van der Waals surface area contributed by atoms with Gasteiger partial charge >= 0.3 is 0 Å². The van der Waals surface area contributed by atoms with Gasteiger partial charge in [0.05, 0.1) is 6.54 Å². The van der Waals surface area contributed by atoms with Crippen molar-refractivity contribution in [1.29, 1.82) is 0 Å². The Morgan fingerprint density at radius 1 is 1.53 bits per heavy atom. The smallest absolute Gasteiger partial charge is 0.223 e. The van der Waals surface area contributed by atoms with E-state index in [2.05, 4.69) is 5.10 Å². The van der Waals surface area contributed by atoms with E-state index in [1.165, 1.54) is 0 Å². The summed E-state index contributed by atoms with van der Waals surface area (Å²) < 4.78 is 1.81. The predicted octanol–water partition coefficient (Wildman–Crippen LogP) is -0.276. The number of aromatic nitrogens is 2. The molecule has 0 bridgehead atoms. The zero-order valence-electron chi connectivity index (χ0n) is 8.54. The van der Waals surface area contributed by atoms with Gasteiger partial charge in [0, 0.05) is 44.4 Å². The number of carbonyl (C=O) groups excluding carboxylic acids is 1. The molecule has 1 aromatic heterocycles. The number of rotatable bonds is 4. The Kier molecular flexibility index (Phi) is 3.01. The molecule has 1 atom stereocenters. The monoisotopic (exact) mass is 209 g/mol. The molecule has 1 saturated heterocycles. The maximum absolute atomic E-state index is 11.5. The van der Waals surface area contributed by atoms with Gasteiger partial charge in [0.15, 0.2) is 0 Å². The van der Waals surface area contributed by atoms with Gasteiger partial charge in [-0.1, -0.05) is 0 Å². The lowest BCUT2D eigenvalue weighted by Gasteiger charge is -2.15. The Labute approximate surface area is 88.3 Å². The van der Waals surface area contributed by atoms with Crippen LogP contribution >= 0.6 is 0 Å². The van der Waals surface area contributed by atoms with Crippen LogP contribution in [0.2, 0.25) is 0 Å². The molecule has 1 fully saturated rings. The largest absolute Gasteiger partial charge is 0.396 e. The van der Waals surface area contributed by atoms with Gasteiger partial charge in [-0.15, -0.1) is 0 Å². The van der Waals surface area contributed by atoms with Gasteiger partial charge in [0.1, 0.15) is 0 Å². The van der Waals surface area contributed by atoms with E-state index in [1.807, 2.05) is 12.3 Å². The molecule has 15 heavy (non-hydrogen) atoms. The van der Waals surface area contributed by atoms with Gasteiger partial charge < -0.3 is 10.0 Å². The lowest BCUT2D eigenvalue weighted by molar-refractivity contribution is -0.127. The molecule has 1 N–H and O–H groups in total. The summed E-state index contributed by atoms with van der Waals surface area (Å²) in [5.74, 6) is 0.260. The van der Waals surface area contributed by atoms with Crippen LogP contribution < -0.4 is 0 Å². The molecule has 0 aromatic carbocycles. The fourth-order valence-corrected chi connectivity index (χ4v) is 1.85. The molecular formula is C10H15N3O2. The maximum atomic E-state index is 11.5. The van der Waals surface area contributed by atoms with Crippen molar-refractivity contribution in [1.82, 2.24) is 14.7 Å². The number of aliphatic hydroxyl groups excluding tert-OH is 1. The molecule has 1 aromatic rings. The zero-order chi connectivity index (χ0) is 10.7. The molecule has 0 radical (unpaired) electrons. The molecule has 0 aliphatic carbocycles. The van der Waals surface area contributed by atoms with Crippen LogP contribution in [0.1, 0.15) is 6.42 Å². The van der Waals surface area contributed by atoms with Gasteiger partial charge in [0.2, 0.25) is 5.91 Å². The summed E-state index contributed by atoms with van der Waals surface area (Å²) in [6.45, 7) is 2.18. The summed E-state index contributed by atoms with van der Waals surface area (Å²) in [7, 11) is 0. The van der Waals surface area contributed by atoms with Crippen LogP contribution in [0.15, 0.2) is 18.5 Å². The predicted molar refractivity (Wildman–Crippen MR) is 54.0 cm³/mol. The molecule has 5 nitrogen and oxygen atoms in total. The second-order valence-electron chi connectivity index (χ2n) is 3.86. The Hall–Kier alpha value is -1.36. The van der Waals surface area contributed by atoms with Gasteiger partial charge in [-0.3, -0.25) is 9.48 Å². The third-order valence-electron chi connectivity index (χ3n) is 2.71. The molecule has 1 aliphatic heterocycles. The quantitative estimate of drug-likeness (QED) is 0.742. The fraction of sp³-hybridized carbons (Fsp3) is 0.600. The highest BCUT2D eigenvalue weighted by molar-refractivity contribution is 5.78. The van der Waals surface area contributed by atoms with Crippen LogP contribution in [-0.2, 0) is 11.3 Å². The number of hydrogen-bond acceptors (Lipinski definition) is 3. The zero-order valence-corrected chi connectivity index (χ0v) is 8.54. The average molecular weight is 209 g/mol. The molecule has 5 heteroatoms. The SMILES string of the molecule is O=C1CC(CO)CN1CCn1cccn1. The highest BCUT2D eigenvalue weighted by Crippen LogP contribution is 2.16. The van der Waals surface area contributed by atoms with E-state index in [0.29, 0.717) is 19.5 Å². The molecule has 2 heterocycles. The Bertz CT molecular complexity index is 323. The third kappa shape index (κ3) is 2.36. The summed E-state index contributed by atoms with van der Waals surface area (Å²) in [6, 6.07) is 1.86. The van der Waals surface area contributed by atoms with E-state index < -0.39 is 0 Å². The lowest BCUT2D eigenvalue weighted by Crippen LogP contribution is -2.29. The van der Waals surface area contributed by atoms with Crippen LogP contribution in [0.3, 0.4) is 0 Å². The molecule has 2 rings (SSSR count). The van der Waals surface area contributed by atoms with Crippen molar-refractivity contribution in [2.75, 3.05) is 19.7 Å². The van der Waals surface area contributed by atoms with Gasteiger partial charge in [-0.25, -0.2) is 0 Å². The minimum Gasteiger partial charge on any atom is -0.396 e. The second-order valence-corrected chi connectivity index (χ2v) is 3.86. The van der Waals surface area contributed by atoms with Crippen molar-refractivity contribution < 1.29 is 9.90 Å². The number of hydrogen-bond donors (Lipinski definition) is 1. The minimum atomic E-state index is 0.101. The van der Waals surface area contributed by atoms with Crippen molar-refractivity contribution in [3.8, 4) is 0 Å². The first-order chi connectivity index (χ1) is 7.29. The van der Waals surface area contributed by atoms with E-state index in [0.717, 1.165) is 6.54 Å². The van der Waals surface area contributed by atoms with Crippen LogP contribution in [0, 0.1) is 5.92 Å². The molecule has 0 spiro atoms. The van der Waals surface area contributed by atoms with Gasteiger partial charge in [-0.05, 0) is 6.07 Å². The van der Waals surface area contributed by atoms with E-state index >= 15 is 0 Å². The van der Waals surface area contributed by atoms with Crippen molar-refractivity contribution in [2.45, 2.75) is 13.0 Å². The van der Waals surface area contributed by atoms with E-state index in [-0.39, 0.29) is 18.4 Å². The number of aliphatic hydroxyl groups is 1. The Morgan fingerprint density at radius 2 is 2.40 bits per heavy atom. The maximum Gasteiger partial charge on any atom is 0.223 e. The molecule has 1 unspecified atom stereocenters. The van der Waals surface area contributed by atoms with Gasteiger partial charge in [0.25, 0.3) is 0 Å². The summed E-state index contributed by atoms with van der Waals surface area (Å²) in [4.78, 5) is 13.3. The number of nitrogens with zero attached hydrogens (tertiary/aromatic N) is 3. The first-order valence-corrected chi connectivity index (χ1v) is 5.15. The first-order valence-electron chi connectivity index (χ1n) is 5.15. The Morgan fingerprint density at radius 3 is 3.00 bits per heavy atom. The average Bonchev–Trinajstić information content (AvgIpc) is 2.84. The molecule has 1 aliphatic rings. The Balaban J connectivity index is 1.83. The van der Waals surface area contributed by atoms with Crippen molar-refractivity contribution in [3.63, 3.8) is 0 Å². The fourth-order valence-electron chi connectivity index (χ4n) is 1.85. The van der Waals surface area contributed by atoms with E-state index in [1.54, 1.807) is 15.8 Å². The van der Waals surface area contributed by atoms with Crippen molar-refractivity contribution in [3.05, 3.63) is 18.5 Å². The van der Waals surface area contributed by atoms with E-state index in [4.69, 9.17) is 5.11 Å². The molecule has 1 amide bonds. The van der Waals surface area contributed by atoms with E-state index in [9.17, 15) is 4.79 Å². The number of likely N-dealkylation sites (tertiary alicyclic amines) is 1. The second kappa shape index (κ2) is 4.44.